The van der Waals surface area contributed by atoms with Crippen LogP contribution in [0.3, 0.4) is 0 Å². The molecule has 75 heavy (non-hydrogen) atoms. The van der Waals surface area contributed by atoms with Crippen molar-refractivity contribution in [3.63, 3.8) is 0 Å². The fourth-order valence-corrected chi connectivity index (χ4v) is 8.35. The Morgan fingerprint density at radius 2 is 1.27 bits per heavy atom. The molecule has 3 heterocycles. The summed E-state index contributed by atoms with van der Waals surface area (Å²) in [6, 6.07) is -2.59. The van der Waals surface area contributed by atoms with E-state index in [0.29, 0.717) is 0 Å². The zero-order valence-electron chi connectivity index (χ0n) is 43.0. The van der Waals surface area contributed by atoms with Crippen molar-refractivity contribution in [3.8, 4) is 0 Å². The number of carboxylic acid groups (broad SMARTS) is 2. The third-order valence-electron chi connectivity index (χ3n) is 12.9. The Morgan fingerprint density at radius 3 is 1.80 bits per heavy atom. The van der Waals surface area contributed by atoms with E-state index in [-0.39, 0.29) is 31.6 Å². The third kappa shape index (κ3) is 24.1. The Kier molecular flexibility index (Phi) is 29.8. The number of hydrogen-bond donors (Lipinski definition) is 12. The van der Waals surface area contributed by atoms with Gasteiger partial charge in [0.05, 0.1) is 92.7 Å². The van der Waals surface area contributed by atoms with Gasteiger partial charge in [-0.1, -0.05) is 98.9 Å². The van der Waals surface area contributed by atoms with Crippen LogP contribution in [-0.4, -0.2) is 186 Å². The van der Waals surface area contributed by atoms with Crippen molar-refractivity contribution >= 4 is 23.9 Å². The minimum Gasteiger partial charge on any atom is -0.550 e. The Labute approximate surface area is 437 Å². The second-order valence-electron chi connectivity index (χ2n) is 19.3. The molecule has 0 spiro atoms. The first-order valence-electron chi connectivity index (χ1n) is 24.9. The average molecular weight is 1070 g/mol. The zero-order chi connectivity index (χ0) is 56.6. The molecule has 426 valence electrons. The Balaban J connectivity index is 0.00000194. The molecule has 0 aliphatic carbocycles. The molecule has 3 aliphatic heterocycles. The van der Waals surface area contributed by atoms with Gasteiger partial charge in [-0.25, -0.2) is 0 Å². The third-order valence-corrected chi connectivity index (χ3v) is 12.9. The van der Waals surface area contributed by atoms with E-state index in [1.165, 1.54) is 0 Å². The van der Waals surface area contributed by atoms with E-state index in [1.54, 1.807) is 75.5 Å². The molecule has 20 atom stereocenters. The maximum atomic E-state index is 13.1. The van der Waals surface area contributed by atoms with Gasteiger partial charge in [-0.05, 0) is 33.1 Å². The highest BCUT2D eigenvalue weighted by atomic mass is 16.7. The summed E-state index contributed by atoms with van der Waals surface area (Å²) < 4.78 is 28.4. The van der Waals surface area contributed by atoms with Gasteiger partial charge in [0.25, 0.3) is 0 Å². The summed E-state index contributed by atoms with van der Waals surface area (Å²) in [5.41, 5.74) is 10.8. The molecule has 0 unspecified atom stereocenters. The average Bonchev–Trinajstić information content (AvgIpc) is 3.32. The summed E-state index contributed by atoms with van der Waals surface area (Å²) in [5, 5.41) is 128. The van der Waals surface area contributed by atoms with Crippen LogP contribution in [0.1, 0.15) is 85.5 Å². The quantitative estimate of drug-likeness (QED) is 0.118. The summed E-state index contributed by atoms with van der Waals surface area (Å²) in [7, 11) is 1.12. The number of fused-ring (bicyclic) bond motifs is 2. The van der Waals surface area contributed by atoms with E-state index in [4.69, 9.17) is 35.2 Å². The van der Waals surface area contributed by atoms with E-state index in [0.717, 1.165) is 7.11 Å². The van der Waals surface area contributed by atoms with Crippen molar-refractivity contribution < 1.29 is 104 Å². The highest BCUT2D eigenvalue weighted by Gasteiger charge is 2.51. The van der Waals surface area contributed by atoms with Crippen molar-refractivity contribution in [1.82, 2.24) is 0 Å². The molecule has 0 radical (unpaired) electrons. The number of rotatable bonds is 6. The highest BCUT2D eigenvalue weighted by Crippen LogP contribution is 2.38. The Hall–Kier alpha value is -4.54. The van der Waals surface area contributed by atoms with E-state index in [1.807, 2.05) is 37.3 Å². The van der Waals surface area contributed by atoms with Crippen LogP contribution in [0.2, 0.25) is 0 Å². The van der Waals surface area contributed by atoms with Gasteiger partial charge in [-0.15, -0.1) is 0 Å². The number of carboxylic acids is 2. The smallest absolute Gasteiger partial charge is 0.313 e. The summed E-state index contributed by atoms with van der Waals surface area (Å²) in [6.07, 6.45) is 3.80. The molecule has 0 aromatic carbocycles. The summed E-state index contributed by atoms with van der Waals surface area (Å²) in [5.74, 6) is -9.01. The molecule has 3 rings (SSSR count). The van der Waals surface area contributed by atoms with Crippen LogP contribution in [-0.2, 0) is 42.9 Å². The number of ether oxygens (including phenoxy) is 5. The van der Waals surface area contributed by atoms with Crippen molar-refractivity contribution in [3.05, 3.63) is 85.1 Å². The summed E-state index contributed by atoms with van der Waals surface area (Å²) in [4.78, 5) is 45.0. The number of aliphatic carboxylic acids is 2. The predicted molar refractivity (Wildman–Crippen MR) is 264 cm³/mol. The van der Waals surface area contributed by atoms with Gasteiger partial charge in [-0.2, -0.15) is 0 Å². The number of aliphatic hydroxyl groups excluding tert-OH is 9. The number of carbonyl (C=O) groups is 4. The maximum absolute atomic E-state index is 13.1. The first kappa shape index (κ1) is 66.6. The van der Waals surface area contributed by atoms with E-state index in [2.05, 4.69) is 0 Å². The van der Waals surface area contributed by atoms with Crippen molar-refractivity contribution in [2.24, 2.45) is 29.2 Å². The maximum Gasteiger partial charge on any atom is 0.313 e. The monoisotopic (exact) mass is 1070 g/mol. The highest BCUT2D eigenvalue weighted by molar-refractivity contribution is 5.78. The number of carbonyl (C=O) groups excluding carboxylic acids is 4. The van der Waals surface area contributed by atoms with Crippen molar-refractivity contribution in [2.45, 2.75) is 189 Å². The van der Waals surface area contributed by atoms with Gasteiger partial charge < -0.3 is 106 Å². The topological polar surface area (TPSA) is 415 Å². The van der Waals surface area contributed by atoms with Crippen LogP contribution >= 0.6 is 0 Å². The lowest BCUT2D eigenvalue weighted by Crippen LogP contribution is -2.61. The zero-order valence-corrected chi connectivity index (χ0v) is 43.0. The molecule has 0 amide bonds. The Morgan fingerprint density at radius 1 is 0.707 bits per heavy atom. The van der Waals surface area contributed by atoms with Crippen LogP contribution in [0, 0.1) is 17.8 Å². The number of esters is 2. The molecule has 23 nitrogen and oxygen atoms in total. The number of hydrogen-bond acceptors (Lipinski definition) is 23. The number of cyclic esters (lactones) is 1. The van der Waals surface area contributed by atoms with Crippen molar-refractivity contribution in [2.75, 3.05) is 7.11 Å². The SMILES string of the molecule is COC(=O)[C@H]1[C@@H]2C[C@@H](O[C@@H]3O[C@H](C)[C@@H](O)[C@H](N)[C@@H]3O)/C=C/C=C/C=C/C=C/C=C/C=C/C=C/[C@H](C)[C@@H](O)[C@@H](C)[C@H](C)OC(=O)C[C@H](O)C[C@H](O)CC[C@@H](O)[C@H](O)C[C@H](O)C[C@](O)(C[C@@H]1O)O2.N[C@@H](CC(=O)[O-])C(=O)[O-]. The fourth-order valence-electron chi connectivity index (χ4n) is 8.35. The lowest BCUT2D eigenvalue weighted by Gasteiger charge is -2.45. The predicted octanol–water partition coefficient (Wildman–Crippen LogP) is -3.00. The minimum absolute atomic E-state index is 0.0949. The fraction of sp³-hybridized carbons (Fsp3) is 0.654. The minimum atomic E-state index is -2.27. The molecule has 14 N–H and O–H groups in total. The number of aliphatic hydroxyl groups is 10. The Bertz CT molecular complexity index is 1960. The van der Waals surface area contributed by atoms with Crippen LogP contribution in [0.4, 0.5) is 0 Å². The lowest BCUT2D eigenvalue weighted by atomic mass is 9.82. The molecule has 0 saturated carbocycles. The van der Waals surface area contributed by atoms with Gasteiger partial charge in [0.2, 0.25) is 0 Å². The second-order valence-corrected chi connectivity index (χ2v) is 19.3. The molecule has 2 bridgehead atoms. The normalized spacial score (nSPS) is 41.1. The van der Waals surface area contributed by atoms with Gasteiger partial charge in [0.1, 0.15) is 18.1 Å². The van der Waals surface area contributed by atoms with Gasteiger partial charge in [-0.3, -0.25) is 9.59 Å². The van der Waals surface area contributed by atoms with Gasteiger partial charge in [0.15, 0.2) is 12.1 Å². The number of methoxy groups -OCH3 is 1. The first-order valence-corrected chi connectivity index (χ1v) is 24.9. The standard InChI is InChI=1S/C48H75NO17.C4H7NO4/c1-28-18-16-14-12-10-8-6-7-9-11-13-15-17-19-35(65-47-45(59)42(49)44(58)31(4)64-47)25-39-41(46(60)62-5)38(55)27-48(61,66-39)26-34(52)23-37(54)36(53)21-20-32(50)22-33(51)24-40(56)63-30(3)29(2)43(28)57;5-2(4(8)9)1-3(6)7/h6-19,28-39,41-45,47,50-55,57-59,61H,20-27,49H2,1-5H3;2H,1,5H2,(H,6,7)(H,8,9)/p-2/b7-6+,10-8+,11-9+,14-12+,15-13+,18-16+,19-17+;/t28-,29-,30-,31+,32+,33+,34-,35-,36+,37+,38-,39-,41+,42-,43+,44+,45-,47-,48+;2-/m00/s1. The molecule has 2 fully saturated rings. The second kappa shape index (κ2) is 33.6. The molecule has 0 aromatic rings. The molecule has 3 aliphatic rings. The molecule has 0 aromatic heterocycles. The van der Waals surface area contributed by atoms with Crippen molar-refractivity contribution in [1.29, 1.82) is 0 Å². The number of allylic oxidation sites excluding steroid dienone is 12. The van der Waals surface area contributed by atoms with Crippen LogP contribution in [0.5, 0.6) is 0 Å². The summed E-state index contributed by atoms with van der Waals surface area (Å²) >= 11 is 0. The molecule has 2 saturated heterocycles. The molecular weight excluding hydrogens is 989 g/mol. The van der Waals surface area contributed by atoms with E-state index < -0.39 is 171 Å². The molecule has 23 heteroatoms. The largest absolute Gasteiger partial charge is 0.550 e. The molecular formula is C52H80N2O21-2. The van der Waals surface area contributed by atoms with Crippen LogP contribution < -0.4 is 21.7 Å². The first-order chi connectivity index (χ1) is 35.2. The van der Waals surface area contributed by atoms with Crippen LogP contribution in [0.25, 0.3) is 0 Å². The van der Waals surface area contributed by atoms with Gasteiger partial charge >= 0.3 is 11.9 Å². The van der Waals surface area contributed by atoms with E-state index in [9.17, 15) is 80.5 Å². The summed E-state index contributed by atoms with van der Waals surface area (Å²) in [6.45, 7) is 6.78. The lowest BCUT2D eigenvalue weighted by molar-refractivity contribution is -0.316. The van der Waals surface area contributed by atoms with Crippen LogP contribution in [0.15, 0.2) is 85.1 Å². The van der Waals surface area contributed by atoms with Gasteiger partial charge in [0, 0.05) is 56.0 Å². The van der Waals surface area contributed by atoms with E-state index >= 15 is 0 Å². The number of nitrogens with two attached hydrogens (primary N) is 2.